The minimum atomic E-state index is -4.45. The highest BCUT2D eigenvalue weighted by Crippen LogP contribution is 2.41. The standard InChI is InChI=1S/C19H19F3N2O3/c20-19(21,22)14-3-1-2-13(10-14)18(6-8-26-9-7-18)24-17(25)16-15(12-4-5-12)23-11-27-16/h1-3,10-12H,4-9H2,(H,24,25). The molecule has 1 N–H and O–H groups in total. The van der Waals surface area contributed by atoms with Crippen molar-refractivity contribution in [2.24, 2.45) is 0 Å². The number of amides is 1. The molecule has 1 saturated carbocycles. The molecular formula is C19H19F3N2O3. The molecule has 1 saturated heterocycles. The highest BCUT2D eigenvalue weighted by atomic mass is 19.4. The Balaban J connectivity index is 1.66. The quantitative estimate of drug-likeness (QED) is 0.871. The largest absolute Gasteiger partial charge is 0.438 e. The Morgan fingerprint density at radius 1 is 1.22 bits per heavy atom. The topological polar surface area (TPSA) is 64.4 Å². The van der Waals surface area contributed by atoms with Crippen LogP contribution in [-0.4, -0.2) is 24.1 Å². The number of alkyl halides is 3. The van der Waals surface area contributed by atoms with Gasteiger partial charge in [-0.15, -0.1) is 0 Å². The zero-order chi connectivity index (χ0) is 19.1. The van der Waals surface area contributed by atoms with Crippen LogP contribution in [0, 0.1) is 0 Å². The Bertz CT molecular complexity index is 837. The van der Waals surface area contributed by atoms with E-state index in [0.29, 0.717) is 37.3 Å². The lowest BCUT2D eigenvalue weighted by molar-refractivity contribution is -0.137. The lowest BCUT2D eigenvalue weighted by Gasteiger charge is -2.38. The van der Waals surface area contributed by atoms with E-state index in [0.717, 1.165) is 25.0 Å². The lowest BCUT2D eigenvalue weighted by Crippen LogP contribution is -2.49. The van der Waals surface area contributed by atoms with Gasteiger partial charge in [0.15, 0.2) is 6.39 Å². The third kappa shape index (κ3) is 3.58. The summed E-state index contributed by atoms with van der Waals surface area (Å²) in [5, 5.41) is 2.93. The summed E-state index contributed by atoms with van der Waals surface area (Å²) < 4.78 is 50.1. The molecule has 2 heterocycles. The Labute approximate surface area is 153 Å². The Hall–Kier alpha value is -2.35. The van der Waals surface area contributed by atoms with Crippen LogP contribution in [0.4, 0.5) is 13.2 Å². The van der Waals surface area contributed by atoms with E-state index in [-0.39, 0.29) is 11.7 Å². The molecule has 0 unspecified atom stereocenters. The van der Waals surface area contributed by atoms with Crippen molar-refractivity contribution in [3.8, 4) is 0 Å². The molecule has 1 aliphatic heterocycles. The number of carbonyl (C=O) groups is 1. The number of nitrogens with one attached hydrogen (secondary N) is 1. The van der Waals surface area contributed by atoms with E-state index in [1.54, 1.807) is 6.07 Å². The lowest BCUT2D eigenvalue weighted by atomic mass is 9.81. The molecule has 8 heteroatoms. The summed E-state index contributed by atoms with van der Waals surface area (Å²) in [4.78, 5) is 17.0. The molecule has 1 amide bonds. The molecule has 1 aromatic heterocycles. The zero-order valence-corrected chi connectivity index (χ0v) is 14.5. The molecule has 0 bridgehead atoms. The van der Waals surface area contributed by atoms with Crippen LogP contribution in [0.15, 0.2) is 35.1 Å². The third-order valence-electron chi connectivity index (χ3n) is 5.21. The molecule has 1 aliphatic carbocycles. The second kappa shape index (κ2) is 6.67. The molecule has 0 atom stereocenters. The van der Waals surface area contributed by atoms with E-state index in [1.165, 1.54) is 12.5 Å². The molecule has 0 spiro atoms. The number of oxazole rings is 1. The number of nitrogens with zero attached hydrogens (tertiary/aromatic N) is 1. The van der Waals surface area contributed by atoms with E-state index in [1.807, 2.05) is 0 Å². The number of halogens is 3. The molecule has 144 valence electrons. The maximum Gasteiger partial charge on any atom is 0.416 e. The van der Waals surface area contributed by atoms with Crippen LogP contribution in [-0.2, 0) is 16.5 Å². The van der Waals surface area contributed by atoms with Gasteiger partial charge >= 0.3 is 6.18 Å². The monoisotopic (exact) mass is 380 g/mol. The van der Waals surface area contributed by atoms with E-state index < -0.39 is 23.2 Å². The number of aromatic nitrogens is 1. The minimum Gasteiger partial charge on any atom is -0.438 e. The minimum absolute atomic E-state index is 0.148. The third-order valence-corrected chi connectivity index (χ3v) is 5.21. The van der Waals surface area contributed by atoms with E-state index in [9.17, 15) is 18.0 Å². The van der Waals surface area contributed by atoms with Crippen molar-refractivity contribution < 1.29 is 27.1 Å². The van der Waals surface area contributed by atoms with Crippen LogP contribution < -0.4 is 5.32 Å². The molecular weight excluding hydrogens is 361 g/mol. The van der Waals surface area contributed by atoms with Crippen LogP contribution >= 0.6 is 0 Å². The van der Waals surface area contributed by atoms with Gasteiger partial charge in [0.25, 0.3) is 5.91 Å². The summed E-state index contributed by atoms with van der Waals surface area (Å²) in [6, 6.07) is 5.11. The first kappa shape index (κ1) is 18.0. The normalized spacial score (nSPS) is 19.7. The van der Waals surface area contributed by atoms with Gasteiger partial charge in [0, 0.05) is 19.1 Å². The maximum atomic E-state index is 13.2. The van der Waals surface area contributed by atoms with Crippen molar-refractivity contribution in [1.82, 2.24) is 10.3 Å². The fraction of sp³-hybridized carbons (Fsp3) is 0.474. The fourth-order valence-corrected chi connectivity index (χ4v) is 3.55. The van der Waals surface area contributed by atoms with Crippen LogP contribution in [0.25, 0.3) is 0 Å². The van der Waals surface area contributed by atoms with E-state index in [2.05, 4.69) is 10.3 Å². The van der Waals surface area contributed by atoms with Gasteiger partial charge in [-0.25, -0.2) is 4.98 Å². The van der Waals surface area contributed by atoms with Gasteiger partial charge in [-0.1, -0.05) is 12.1 Å². The summed E-state index contributed by atoms with van der Waals surface area (Å²) in [5.74, 6) is -0.0762. The molecule has 5 nitrogen and oxygen atoms in total. The molecule has 1 aromatic carbocycles. The highest BCUT2D eigenvalue weighted by Gasteiger charge is 2.40. The van der Waals surface area contributed by atoms with Crippen LogP contribution in [0.2, 0.25) is 0 Å². The highest BCUT2D eigenvalue weighted by molar-refractivity contribution is 5.93. The number of hydrogen-bond acceptors (Lipinski definition) is 4. The van der Waals surface area contributed by atoms with Crippen molar-refractivity contribution in [2.45, 2.75) is 43.3 Å². The predicted molar refractivity (Wildman–Crippen MR) is 89.1 cm³/mol. The predicted octanol–water partition coefficient (Wildman–Crippen LogP) is 4.01. The van der Waals surface area contributed by atoms with Crippen LogP contribution in [0.3, 0.4) is 0 Å². The zero-order valence-electron chi connectivity index (χ0n) is 14.5. The van der Waals surface area contributed by atoms with Crippen LogP contribution in [0.1, 0.15) is 59.0 Å². The van der Waals surface area contributed by atoms with Gasteiger partial charge < -0.3 is 14.5 Å². The molecule has 27 heavy (non-hydrogen) atoms. The average Bonchev–Trinajstić information content (AvgIpc) is 3.38. The summed E-state index contributed by atoms with van der Waals surface area (Å²) in [7, 11) is 0. The van der Waals surface area contributed by atoms with Gasteiger partial charge in [0.2, 0.25) is 5.76 Å². The maximum absolute atomic E-state index is 13.2. The number of benzene rings is 1. The SMILES string of the molecule is O=C(NC1(c2cccc(C(F)(F)F)c2)CCOCC1)c1ocnc1C1CC1. The first-order valence-corrected chi connectivity index (χ1v) is 8.90. The van der Waals surface area contributed by atoms with E-state index >= 15 is 0 Å². The second-order valence-corrected chi connectivity index (χ2v) is 7.07. The smallest absolute Gasteiger partial charge is 0.416 e. The Kier molecular flexibility index (Phi) is 4.46. The second-order valence-electron chi connectivity index (χ2n) is 7.07. The van der Waals surface area contributed by atoms with Gasteiger partial charge in [-0.2, -0.15) is 13.2 Å². The molecule has 2 aliphatic rings. The van der Waals surface area contributed by atoms with Crippen molar-refractivity contribution >= 4 is 5.91 Å². The Morgan fingerprint density at radius 3 is 2.63 bits per heavy atom. The first-order valence-electron chi connectivity index (χ1n) is 8.90. The van der Waals surface area contributed by atoms with E-state index in [4.69, 9.17) is 9.15 Å². The Morgan fingerprint density at radius 2 is 1.96 bits per heavy atom. The summed E-state index contributed by atoms with van der Waals surface area (Å²) in [6.45, 7) is 0.699. The summed E-state index contributed by atoms with van der Waals surface area (Å²) in [6.07, 6.45) is -0.529. The van der Waals surface area contributed by atoms with Crippen LogP contribution in [0.5, 0.6) is 0 Å². The first-order chi connectivity index (χ1) is 12.9. The molecule has 4 rings (SSSR count). The van der Waals surface area contributed by atoms with Crippen molar-refractivity contribution in [1.29, 1.82) is 0 Å². The van der Waals surface area contributed by atoms with Gasteiger partial charge in [-0.05, 0) is 43.4 Å². The van der Waals surface area contributed by atoms with Crippen molar-refractivity contribution in [3.63, 3.8) is 0 Å². The molecule has 2 fully saturated rings. The van der Waals surface area contributed by atoms with Gasteiger partial charge in [-0.3, -0.25) is 4.79 Å². The summed E-state index contributed by atoms with van der Waals surface area (Å²) >= 11 is 0. The van der Waals surface area contributed by atoms with Gasteiger partial charge in [0.1, 0.15) is 0 Å². The number of ether oxygens (including phenoxy) is 1. The van der Waals surface area contributed by atoms with Crippen molar-refractivity contribution in [3.05, 3.63) is 53.2 Å². The number of hydrogen-bond donors (Lipinski definition) is 1. The molecule has 2 aromatic rings. The molecule has 0 radical (unpaired) electrons. The number of carbonyl (C=O) groups excluding carboxylic acids is 1. The average molecular weight is 380 g/mol. The number of rotatable bonds is 4. The summed E-state index contributed by atoms with van der Waals surface area (Å²) in [5.41, 5.74) is -0.636. The fourth-order valence-electron chi connectivity index (χ4n) is 3.55. The van der Waals surface area contributed by atoms with Gasteiger partial charge in [0.05, 0.1) is 16.8 Å². The van der Waals surface area contributed by atoms with Crippen molar-refractivity contribution in [2.75, 3.05) is 13.2 Å².